The minimum absolute atomic E-state index is 0.0167. The molecule has 1 aliphatic heterocycles. The van der Waals surface area contributed by atoms with E-state index in [-0.39, 0.29) is 37.8 Å². The molecule has 1 aliphatic rings. The smallest absolute Gasteiger partial charge is 0.408 e. The van der Waals surface area contributed by atoms with Crippen LogP contribution in [0.3, 0.4) is 0 Å². The third-order valence-corrected chi connectivity index (χ3v) is 8.07. The summed E-state index contributed by atoms with van der Waals surface area (Å²) in [5, 5.41) is 8.02. The number of rotatable bonds is 15. The van der Waals surface area contributed by atoms with Crippen molar-refractivity contribution in [1.29, 1.82) is 0 Å². The average molecular weight is 707 g/mol. The molecule has 0 radical (unpaired) electrons. The van der Waals surface area contributed by atoms with E-state index in [9.17, 15) is 19.2 Å². The number of carbonyl (C=O) groups is 4. The van der Waals surface area contributed by atoms with Crippen LogP contribution in [0.2, 0.25) is 0 Å². The standard InChI is InChI=1S/C37H50N6O8/c1-36(2,3)51-35(47)41-37(4,5)34(46)39-29(23-49-22-26-13-9-7-10-14-26)32(44)40-30-21-43(24-38-30)31(27-15-11-8-12-16-27)33(45)42-19-17-28(18-20-42)50-25-48-6/h7-16,21,24,28-29,31H,17-20,22-23,25H2,1-6H3,(H,39,46)(H,40,44)(H,41,47)/t29-,31?/m1/s1. The molecule has 1 unspecified atom stereocenters. The van der Waals surface area contributed by atoms with Gasteiger partial charge in [-0.3, -0.25) is 14.4 Å². The zero-order valence-electron chi connectivity index (χ0n) is 30.2. The lowest BCUT2D eigenvalue weighted by Gasteiger charge is -2.34. The van der Waals surface area contributed by atoms with E-state index in [0.29, 0.717) is 25.9 Å². The molecule has 2 heterocycles. The lowest BCUT2D eigenvalue weighted by atomic mass is 10.0. The van der Waals surface area contributed by atoms with Crippen LogP contribution < -0.4 is 16.0 Å². The van der Waals surface area contributed by atoms with Gasteiger partial charge in [-0.25, -0.2) is 9.78 Å². The molecule has 276 valence electrons. The Kier molecular flexibility index (Phi) is 13.7. The van der Waals surface area contributed by atoms with Gasteiger partial charge in [0, 0.05) is 26.4 Å². The first-order chi connectivity index (χ1) is 24.3. The zero-order chi connectivity index (χ0) is 37.0. The molecule has 2 atom stereocenters. The van der Waals surface area contributed by atoms with Gasteiger partial charge in [-0.2, -0.15) is 0 Å². The minimum atomic E-state index is -1.44. The summed E-state index contributed by atoms with van der Waals surface area (Å²) in [6.45, 7) is 9.43. The maximum atomic E-state index is 14.0. The van der Waals surface area contributed by atoms with Crippen LogP contribution >= 0.6 is 0 Å². The van der Waals surface area contributed by atoms with Gasteiger partial charge in [0.05, 0.1) is 25.6 Å². The van der Waals surface area contributed by atoms with Gasteiger partial charge in [0.15, 0.2) is 5.82 Å². The second kappa shape index (κ2) is 17.9. The number of hydrogen-bond donors (Lipinski definition) is 3. The molecule has 2 aromatic carbocycles. The molecule has 0 bridgehead atoms. The number of likely N-dealkylation sites (tertiary alicyclic amines) is 1. The van der Waals surface area contributed by atoms with Gasteiger partial charge in [0.25, 0.3) is 5.91 Å². The predicted molar refractivity (Wildman–Crippen MR) is 189 cm³/mol. The number of carbonyl (C=O) groups excluding carboxylic acids is 4. The average Bonchev–Trinajstić information content (AvgIpc) is 3.54. The first-order valence-corrected chi connectivity index (χ1v) is 17.0. The Bertz CT molecular complexity index is 1580. The van der Waals surface area contributed by atoms with Crippen molar-refractivity contribution < 1.29 is 38.1 Å². The molecule has 14 heteroatoms. The van der Waals surface area contributed by atoms with E-state index in [1.165, 1.54) is 20.2 Å². The molecule has 3 aromatic rings. The lowest BCUT2D eigenvalue weighted by molar-refractivity contribution is -0.138. The zero-order valence-corrected chi connectivity index (χ0v) is 30.2. The fourth-order valence-electron chi connectivity index (χ4n) is 5.42. The molecule has 0 saturated carbocycles. The highest BCUT2D eigenvalue weighted by Crippen LogP contribution is 2.25. The van der Waals surface area contributed by atoms with Crippen LogP contribution in [0, 0.1) is 0 Å². The van der Waals surface area contributed by atoms with E-state index in [2.05, 4.69) is 20.9 Å². The predicted octanol–water partition coefficient (Wildman–Crippen LogP) is 4.03. The van der Waals surface area contributed by atoms with Crippen LogP contribution in [-0.2, 0) is 39.9 Å². The summed E-state index contributed by atoms with van der Waals surface area (Å²) in [5.41, 5.74) is -0.560. The Balaban J connectivity index is 1.49. The highest BCUT2D eigenvalue weighted by molar-refractivity contribution is 5.98. The number of amides is 4. The number of nitrogens with zero attached hydrogens (tertiary/aromatic N) is 3. The Morgan fingerprint density at radius 1 is 0.941 bits per heavy atom. The van der Waals surface area contributed by atoms with Crippen LogP contribution in [0.15, 0.2) is 73.2 Å². The van der Waals surface area contributed by atoms with Crippen LogP contribution in [-0.4, -0.2) is 95.2 Å². The largest absolute Gasteiger partial charge is 0.444 e. The topological polar surface area (TPSA) is 162 Å². The maximum absolute atomic E-state index is 14.0. The van der Waals surface area contributed by atoms with E-state index in [1.54, 1.807) is 38.6 Å². The molecular weight excluding hydrogens is 656 g/mol. The summed E-state index contributed by atoms with van der Waals surface area (Å²) in [5.74, 6) is -1.17. The molecule has 0 aliphatic carbocycles. The number of nitrogens with one attached hydrogen (secondary N) is 3. The fraction of sp³-hybridized carbons (Fsp3) is 0.486. The molecule has 1 aromatic heterocycles. The SMILES string of the molecule is COCOC1CCN(C(=O)C(c2ccccc2)n2cnc(NC(=O)[C@@H](COCc3ccccc3)NC(=O)C(C)(C)NC(=O)OC(C)(C)C)c2)CC1. The molecule has 1 fully saturated rings. The van der Waals surface area contributed by atoms with Gasteiger partial charge in [0.1, 0.15) is 30.0 Å². The summed E-state index contributed by atoms with van der Waals surface area (Å²) in [7, 11) is 1.58. The maximum Gasteiger partial charge on any atom is 0.408 e. The number of anilines is 1. The second-order valence-corrected chi connectivity index (χ2v) is 13.9. The number of aromatic nitrogens is 2. The summed E-state index contributed by atoms with van der Waals surface area (Å²) in [6.07, 6.45) is 3.69. The molecule has 14 nitrogen and oxygen atoms in total. The van der Waals surface area contributed by atoms with Gasteiger partial charge in [0.2, 0.25) is 11.8 Å². The monoisotopic (exact) mass is 706 g/mol. The summed E-state index contributed by atoms with van der Waals surface area (Å²) in [6, 6.07) is 16.9. The highest BCUT2D eigenvalue weighted by atomic mass is 16.7. The highest BCUT2D eigenvalue weighted by Gasteiger charge is 2.35. The molecule has 0 spiro atoms. The van der Waals surface area contributed by atoms with Crippen molar-refractivity contribution >= 4 is 29.6 Å². The van der Waals surface area contributed by atoms with Crippen molar-refractivity contribution in [2.45, 2.75) is 83.4 Å². The van der Waals surface area contributed by atoms with Crippen LogP contribution in [0.5, 0.6) is 0 Å². The third kappa shape index (κ3) is 11.9. The molecular formula is C37H50N6O8. The number of piperidine rings is 1. The molecule has 4 rings (SSSR count). The van der Waals surface area contributed by atoms with Gasteiger partial charge < -0.3 is 44.4 Å². The number of methoxy groups -OCH3 is 1. The van der Waals surface area contributed by atoms with E-state index in [1.807, 2.05) is 65.6 Å². The number of hydrogen-bond acceptors (Lipinski definition) is 9. The molecule has 3 N–H and O–H groups in total. The van der Waals surface area contributed by atoms with Crippen molar-refractivity contribution in [3.05, 3.63) is 84.3 Å². The molecule has 1 saturated heterocycles. The third-order valence-electron chi connectivity index (χ3n) is 8.07. The van der Waals surface area contributed by atoms with Crippen LogP contribution in [0.4, 0.5) is 10.6 Å². The van der Waals surface area contributed by atoms with Gasteiger partial charge in [-0.1, -0.05) is 60.7 Å². The Morgan fingerprint density at radius 3 is 2.22 bits per heavy atom. The Labute approximate surface area is 299 Å². The number of alkyl carbamates (subject to hydrolysis) is 1. The Morgan fingerprint density at radius 2 is 1.59 bits per heavy atom. The van der Waals surface area contributed by atoms with E-state index in [0.717, 1.165) is 11.1 Å². The second-order valence-electron chi connectivity index (χ2n) is 13.9. The fourth-order valence-corrected chi connectivity index (χ4v) is 5.42. The molecule has 4 amide bonds. The van der Waals surface area contributed by atoms with Gasteiger partial charge in [-0.05, 0) is 58.6 Å². The van der Waals surface area contributed by atoms with Crippen molar-refractivity contribution in [3.8, 4) is 0 Å². The summed E-state index contributed by atoms with van der Waals surface area (Å²) in [4.78, 5) is 59.8. The summed E-state index contributed by atoms with van der Waals surface area (Å²) >= 11 is 0. The van der Waals surface area contributed by atoms with Crippen molar-refractivity contribution in [3.63, 3.8) is 0 Å². The first-order valence-electron chi connectivity index (χ1n) is 17.0. The number of imidazole rings is 1. The normalized spacial score (nSPS) is 15.1. The number of ether oxygens (including phenoxy) is 4. The molecule has 51 heavy (non-hydrogen) atoms. The van der Waals surface area contributed by atoms with Crippen LogP contribution in [0.1, 0.15) is 64.6 Å². The number of benzene rings is 2. The lowest BCUT2D eigenvalue weighted by Crippen LogP contribution is -2.59. The van der Waals surface area contributed by atoms with Crippen molar-refractivity contribution in [1.82, 2.24) is 25.1 Å². The Hall–Kier alpha value is -4.79. The quantitative estimate of drug-likeness (QED) is 0.198. The van der Waals surface area contributed by atoms with E-state index in [4.69, 9.17) is 18.9 Å². The van der Waals surface area contributed by atoms with Crippen molar-refractivity contribution in [2.24, 2.45) is 0 Å². The van der Waals surface area contributed by atoms with Crippen LogP contribution in [0.25, 0.3) is 0 Å². The van der Waals surface area contributed by atoms with Gasteiger partial charge >= 0.3 is 6.09 Å². The van der Waals surface area contributed by atoms with Crippen molar-refractivity contribution in [2.75, 3.05) is 38.9 Å². The summed E-state index contributed by atoms with van der Waals surface area (Å²) < 4.78 is 23.6. The first kappa shape index (κ1) is 39.0. The van der Waals surface area contributed by atoms with E-state index >= 15 is 0 Å². The van der Waals surface area contributed by atoms with Gasteiger partial charge in [-0.15, -0.1) is 0 Å². The minimum Gasteiger partial charge on any atom is -0.444 e. The van der Waals surface area contributed by atoms with E-state index < -0.39 is 41.1 Å².